The van der Waals surface area contributed by atoms with Crippen LogP contribution in [0.2, 0.25) is 0 Å². The zero-order valence-corrected chi connectivity index (χ0v) is 18.4. The highest BCUT2D eigenvalue weighted by molar-refractivity contribution is 6.00. The lowest BCUT2D eigenvalue weighted by Gasteiger charge is -2.12. The van der Waals surface area contributed by atoms with Gasteiger partial charge < -0.3 is 14.8 Å². The van der Waals surface area contributed by atoms with Crippen molar-refractivity contribution in [2.24, 2.45) is 0 Å². The minimum atomic E-state index is -0.317. The molecule has 0 unspecified atom stereocenters. The van der Waals surface area contributed by atoms with Crippen LogP contribution in [0.1, 0.15) is 21.6 Å². The first-order chi connectivity index (χ1) is 16.1. The van der Waals surface area contributed by atoms with Crippen molar-refractivity contribution in [1.29, 1.82) is 0 Å². The van der Waals surface area contributed by atoms with E-state index in [0.717, 1.165) is 16.7 Å². The molecule has 166 valence electrons. The van der Waals surface area contributed by atoms with Crippen molar-refractivity contribution >= 4 is 5.91 Å². The van der Waals surface area contributed by atoms with Crippen LogP contribution >= 0.6 is 0 Å². The molecule has 0 bridgehead atoms. The summed E-state index contributed by atoms with van der Waals surface area (Å²) >= 11 is 0. The van der Waals surface area contributed by atoms with Gasteiger partial charge in [-0.3, -0.25) is 19.7 Å². The molecule has 4 aromatic heterocycles. The fraction of sp³-hybridized carbons (Fsp3) is 0.167. The maximum atomic E-state index is 13.2. The van der Waals surface area contributed by atoms with Crippen molar-refractivity contribution in [3.05, 3.63) is 78.1 Å². The minimum Gasteiger partial charge on any atom is -0.477 e. The Balaban J connectivity index is 1.66. The Morgan fingerprint density at radius 1 is 0.939 bits per heavy atom. The number of pyridine rings is 3. The second-order valence-corrected chi connectivity index (χ2v) is 7.15. The summed E-state index contributed by atoms with van der Waals surface area (Å²) in [5, 5.41) is 2.88. The maximum Gasteiger partial charge on any atom is 0.278 e. The first-order valence-electron chi connectivity index (χ1n) is 10.1. The molecule has 9 heteroatoms. The number of carbonyl (C=O) groups is 1. The van der Waals surface area contributed by atoms with Crippen LogP contribution in [0.25, 0.3) is 22.5 Å². The van der Waals surface area contributed by atoms with Gasteiger partial charge in [0.15, 0.2) is 0 Å². The molecule has 4 heterocycles. The Morgan fingerprint density at radius 2 is 1.76 bits per heavy atom. The smallest absolute Gasteiger partial charge is 0.278 e. The fourth-order valence-corrected chi connectivity index (χ4v) is 3.24. The van der Waals surface area contributed by atoms with Gasteiger partial charge in [0, 0.05) is 35.9 Å². The largest absolute Gasteiger partial charge is 0.477 e. The van der Waals surface area contributed by atoms with Crippen LogP contribution in [0.4, 0.5) is 0 Å². The molecule has 0 atom stereocenters. The van der Waals surface area contributed by atoms with Gasteiger partial charge in [0.25, 0.3) is 17.7 Å². The average Bonchev–Trinajstić information content (AvgIpc) is 2.87. The van der Waals surface area contributed by atoms with E-state index in [1.807, 2.05) is 31.2 Å². The Bertz CT molecular complexity index is 1280. The molecule has 0 spiro atoms. The number of amides is 1. The quantitative estimate of drug-likeness (QED) is 0.464. The number of rotatable bonds is 7. The molecule has 0 aliphatic rings. The lowest BCUT2D eigenvalue weighted by Crippen LogP contribution is -2.24. The number of nitrogens with one attached hydrogen (secondary N) is 1. The Morgan fingerprint density at radius 3 is 2.48 bits per heavy atom. The second kappa shape index (κ2) is 9.82. The molecule has 0 aliphatic heterocycles. The molecule has 1 amide bonds. The molecule has 0 radical (unpaired) electrons. The molecule has 0 aromatic carbocycles. The summed E-state index contributed by atoms with van der Waals surface area (Å²) in [6.07, 6.45) is 8.42. The third-order valence-corrected chi connectivity index (χ3v) is 4.82. The van der Waals surface area contributed by atoms with E-state index in [1.165, 1.54) is 20.4 Å². The van der Waals surface area contributed by atoms with E-state index in [4.69, 9.17) is 9.47 Å². The van der Waals surface area contributed by atoms with Crippen molar-refractivity contribution < 1.29 is 14.3 Å². The first-order valence-corrected chi connectivity index (χ1v) is 10.1. The van der Waals surface area contributed by atoms with Crippen molar-refractivity contribution in [1.82, 2.24) is 30.2 Å². The molecule has 0 aliphatic carbocycles. The molecular formula is C24H22N6O3. The van der Waals surface area contributed by atoms with Crippen molar-refractivity contribution in [3.63, 3.8) is 0 Å². The Hall–Kier alpha value is -4.40. The van der Waals surface area contributed by atoms with Gasteiger partial charge in [0.2, 0.25) is 0 Å². The van der Waals surface area contributed by atoms with Gasteiger partial charge in [0.05, 0.1) is 43.9 Å². The normalized spacial score (nSPS) is 10.5. The molecule has 4 rings (SSSR count). The van der Waals surface area contributed by atoms with E-state index in [2.05, 4.69) is 30.2 Å². The van der Waals surface area contributed by atoms with Crippen molar-refractivity contribution in [3.8, 4) is 34.3 Å². The van der Waals surface area contributed by atoms with Gasteiger partial charge in [0.1, 0.15) is 5.69 Å². The fourth-order valence-electron chi connectivity index (χ4n) is 3.24. The summed E-state index contributed by atoms with van der Waals surface area (Å²) in [7, 11) is 2.96. The summed E-state index contributed by atoms with van der Waals surface area (Å²) in [5.41, 5.74) is 4.66. The topological polar surface area (TPSA) is 112 Å². The van der Waals surface area contributed by atoms with Crippen LogP contribution in [-0.2, 0) is 6.54 Å². The van der Waals surface area contributed by atoms with Crippen LogP contribution in [0, 0.1) is 6.92 Å². The van der Waals surface area contributed by atoms with Crippen LogP contribution in [0.3, 0.4) is 0 Å². The molecule has 0 saturated carbocycles. The van der Waals surface area contributed by atoms with Crippen LogP contribution in [0.5, 0.6) is 11.8 Å². The number of hydrogen-bond donors (Lipinski definition) is 1. The highest BCUT2D eigenvalue weighted by atomic mass is 16.5. The van der Waals surface area contributed by atoms with E-state index in [-0.39, 0.29) is 24.2 Å². The van der Waals surface area contributed by atoms with Crippen molar-refractivity contribution in [2.75, 3.05) is 14.2 Å². The lowest BCUT2D eigenvalue weighted by atomic mass is 10.0. The number of nitrogens with zero attached hydrogens (tertiary/aromatic N) is 5. The summed E-state index contributed by atoms with van der Waals surface area (Å²) < 4.78 is 10.3. The zero-order chi connectivity index (χ0) is 23.2. The van der Waals surface area contributed by atoms with Gasteiger partial charge in [-0.2, -0.15) is 0 Å². The van der Waals surface area contributed by atoms with Crippen molar-refractivity contribution in [2.45, 2.75) is 13.5 Å². The summed E-state index contributed by atoms with van der Waals surface area (Å²) in [4.78, 5) is 34.9. The van der Waals surface area contributed by atoms with E-state index in [9.17, 15) is 4.79 Å². The predicted molar refractivity (Wildman–Crippen MR) is 122 cm³/mol. The molecule has 4 aromatic rings. The third-order valence-electron chi connectivity index (χ3n) is 4.82. The standard InChI is InChI=1S/C24H22N6O3/c1-15-8-16(11-25-10-15)17-9-19(21(27-12-17)20-6-4-5-7-26-20)22(31)28-13-18-14-29-23(32-2)24(30-18)33-3/h4-12,14H,13H2,1-3H3,(H,28,31). The number of ether oxygens (including phenoxy) is 2. The molecule has 0 saturated heterocycles. The number of hydrogen-bond acceptors (Lipinski definition) is 8. The monoisotopic (exact) mass is 442 g/mol. The number of carbonyl (C=O) groups excluding carboxylic acids is 1. The SMILES string of the molecule is COc1ncc(CNC(=O)c2cc(-c3cncc(C)c3)cnc2-c2ccccn2)nc1OC. The summed E-state index contributed by atoms with van der Waals surface area (Å²) in [6, 6.07) is 9.26. The third kappa shape index (κ3) is 4.93. The predicted octanol–water partition coefficient (Wildman–Crippen LogP) is 3.25. The van der Waals surface area contributed by atoms with Crippen LogP contribution < -0.4 is 14.8 Å². The summed E-state index contributed by atoms with van der Waals surface area (Å²) in [6.45, 7) is 2.11. The highest BCUT2D eigenvalue weighted by Gasteiger charge is 2.18. The molecular weight excluding hydrogens is 420 g/mol. The lowest BCUT2D eigenvalue weighted by molar-refractivity contribution is 0.0950. The van der Waals surface area contributed by atoms with E-state index >= 15 is 0 Å². The Labute approximate surface area is 190 Å². The molecule has 9 nitrogen and oxygen atoms in total. The summed E-state index contributed by atoms with van der Waals surface area (Å²) in [5.74, 6) is 0.199. The van der Waals surface area contributed by atoms with Crippen LogP contribution in [-0.4, -0.2) is 45.0 Å². The highest BCUT2D eigenvalue weighted by Crippen LogP contribution is 2.26. The molecule has 1 N–H and O–H groups in total. The number of methoxy groups -OCH3 is 2. The van der Waals surface area contributed by atoms with Gasteiger partial charge in [-0.15, -0.1) is 0 Å². The average molecular weight is 442 g/mol. The first kappa shape index (κ1) is 21.8. The number of aromatic nitrogens is 5. The zero-order valence-electron chi connectivity index (χ0n) is 18.4. The van der Waals surface area contributed by atoms with E-state index in [0.29, 0.717) is 22.6 Å². The second-order valence-electron chi connectivity index (χ2n) is 7.15. The van der Waals surface area contributed by atoms with Crippen LogP contribution in [0.15, 0.2) is 61.3 Å². The molecule has 33 heavy (non-hydrogen) atoms. The van der Waals surface area contributed by atoms with E-state index in [1.54, 1.807) is 30.9 Å². The number of aryl methyl sites for hydroxylation is 1. The molecule has 0 fully saturated rings. The van der Waals surface area contributed by atoms with E-state index < -0.39 is 0 Å². The minimum absolute atomic E-state index is 0.143. The van der Waals surface area contributed by atoms with Gasteiger partial charge in [-0.25, -0.2) is 9.97 Å². The Kier molecular flexibility index (Phi) is 6.49. The van der Waals surface area contributed by atoms with Gasteiger partial charge in [-0.1, -0.05) is 6.07 Å². The van der Waals surface area contributed by atoms with Gasteiger partial charge >= 0.3 is 0 Å². The van der Waals surface area contributed by atoms with Gasteiger partial charge in [-0.05, 0) is 36.8 Å². The maximum absolute atomic E-state index is 13.2.